The van der Waals surface area contributed by atoms with Crippen LogP contribution in [0.3, 0.4) is 0 Å². The van der Waals surface area contributed by atoms with E-state index in [9.17, 15) is 0 Å². The van der Waals surface area contributed by atoms with Crippen LogP contribution >= 0.6 is 0 Å². The summed E-state index contributed by atoms with van der Waals surface area (Å²) in [6, 6.07) is 20.5. The largest absolute Gasteiger partial charge is 0.301 e. The number of hydrogen-bond donors (Lipinski definition) is 0. The standard InChI is InChI=1S/C20H25N/c1-16(2)21-14-12-20(13-15-21)19-10-8-18(9-11-19)17-6-4-3-5-7-17/h3-11,16,20H,12-15H2,1-2H3. The van der Waals surface area contributed by atoms with Gasteiger partial charge in [0.2, 0.25) is 0 Å². The molecule has 0 radical (unpaired) electrons. The molecule has 0 saturated carbocycles. The van der Waals surface area contributed by atoms with Crippen LogP contribution in [0.15, 0.2) is 54.6 Å². The lowest BCUT2D eigenvalue weighted by molar-refractivity contribution is 0.172. The number of nitrogens with zero attached hydrogens (tertiary/aromatic N) is 1. The molecule has 0 atom stereocenters. The first-order chi connectivity index (χ1) is 10.2. The average molecular weight is 279 g/mol. The molecule has 0 aliphatic carbocycles. The van der Waals surface area contributed by atoms with Crippen molar-refractivity contribution in [2.75, 3.05) is 13.1 Å². The fraction of sp³-hybridized carbons (Fsp3) is 0.400. The minimum absolute atomic E-state index is 0.686. The van der Waals surface area contributed by atoms with Crippen molar-refractivity contribution >= 4 is 0 Å². The fourth-order valence-electron chi connectivity index (χ4n) is 3.33. The summed E-state index contributed by atoms with van der Waals surface area (Å²) in [4.78, 5) is 2.59. The van der Waals surface area contributed by atoms with Crippen molar-refractivity contribution in [2.24, 2.45) is 0 Å². The summed E-state index contributed by atoms with van der Waals surface area (Å²) in [5.74, 6) is 0.741. The van der Waals surface area contributed by atoms with E-state index in [1.54, 1.807) is 0 Å². The van der Waals surface area contributed by atoms with Crippen molar-refractivity contribution in [3.63, 3.8) is 0 Å². The lowest BCUT2D eigenvalue weighted by Gasteiger charge is -2.34. The highest BCUT2D eigenvalue weighted by Gasteiger charge is 2.21. The molecule has 1 fully saturated rings. The predicted molar refractivity (Wildman–Crippen MR) is 90.6 cm³/mol. The van der Waals surface area contributed by atoms with Gasteiger partial charge in [-0.2, -0.15) is 0 Å². The summed E-state index contributed by atoms with van der Waals surface area (Å²) in [6.45, 7) is 7.08. The molecule has 0 amide bonds. The maximum atomic E-state index is 2.59. The van der Waals surface area contributed by atoms with E-state index < -0.39 is 0 Å². The second kappa shape index (κ2) is 6.44. The Morgan fingerprint density at radius 2 is 1.38 bits per heavy atom. The third kappa shape index (κ3) is 3.36. The molecule has 0 bridgehead atoms. The first kappa shape index (κ1) is 14.3. The average Bonchev–Trinajstić information content (AvgIpc) is 2.56. The Kier molecular flexibility index (Phi) is 4.40. The summed E-state index contributed by atoms with van der Waals surface area (Å²) in [5.41, 5.74) is 4.13. The van der Waals surface area contributed by atoms with Crippen molar-refractivity contribution in [3.05, 3.63) is 60.2 Å². The zero-order chi connectivity index (χ0) is 14.7. The van der Waals surface area contributed by atoms with E-state index in [1.807, 2.05) is 0 Å². The molecule has 0 aromatic heterocycles. The molecule has 1 nitrogen and oxygen atoms in total. The van der Waals surface area contributed by atoms with Crippen LogP contribution in [-0.4, -0.2) is 24.0 Å². The Labute approximate surface area is 128 Å². The lowest BCUT2D eigenvalue weighted by Crippen LogP contribution is -2.37. The molecule has 0 N–H and O–H groups in total. The van der Waals surface area contributed by atoms with Crippen molar-refractivity contribution in [1.29, 1.82) is 0 Å². The lowest BCUT2D eigenvalue weighted by atomic mass is 9.88. The molecule has 1 aliphatic rings. The fourth-order valence-corrected chi connectivity index (χ4v) is 3.33. The normalized spacial score (nSPS) is 17.3. The van der Waals surface area contributed by atoms with Gasteiger partial charge in [-0.1, -0.05) is 54.6 Å². The quantitative estimate of drug-likeness (QED) is 0.769. The van der Waals surface area contributed by atoms with Crippen LogP contribution in [0.2, 0.25) is 0 Å². The van der Waals surface area contributed by atoms with Crippen LogP contribution in [0, 0.1) is 0 Å². The van der Waals surface area contributed by atoms with Gasteiger partial charge in [-0.3, -0.25) is 0 Å². The Balaban J connectivity index is 1.68. The van der Waals surface area contributed by atoms with Crippen LogP contribution in [0.4, 0.5) is 0 Å². The Hall–Kier alpha value is -1.60. The van der Waals surface area contributed by atoms with E-state index in [2.05, 4.69) is 73.3 Å². The molecule has 1 heterocycles. The predicted octanol–water partition coefficient (Wildman–Crippen LogP) is 4.94. The van der Waals surface area contributed by atoms with Gasteiger partial charge in [-0.05, 0) is 62.4 Å². The molecule has 1 heteroatoms. The van der Waals surface area contributed by atoms with Crippen molar-refractivity contribution in [1.82, 2.24) is 4.90 Å². The topological polar surface area (TPSA) is 3.24 Å². The van der Waals surface area contributed by atoms with Crippen LogP contribution in [0.1, 0.15) is 38.2 Å². The number of rotatable bonds is 3. The first-order valence-corrected chi connectivity index (χ1v) is 8.13. The molecule has 1 aliphatic heterocycles. The zero-order valence-electron chi connectivity index (χ0n) is 13.1. The van der Waals surface area contributed by atoms with Gasteiger partial charge in [-0.25, -0.2) is 0 Å². The van der Waals surface area contributed by atoms with Gasteiger partial charge < -0.3 is 4.90 Å². The van der Waals surface area contributed by atoms with E-state index in [0.717, 1.165) is 5.92 Å². The van der Waals surface area contributed by atoms with Crippen molar-refractivity contribution < 1.29 is 0 Å². The minimum atomic E-state index is 0.686. The van der Waals surface area contributed by atoms with E-state index in [1.165, 1.54) is 42.6 Å². The second-order valence-electron chi connectivity index (χ2n) is 6.39. The van der Waals surface area contributed by atoms with Gasteiger partial charge in [0.1, 0.15) is 0 Å². The zero-order valence-corrected chi connectivity index (χ0v) is 13.1. The van der Waals surface area contributed by atoms with Gasteiger partial charge in [0, 0.05) is 6.04 Å². The van der Waals surface area contributed by atoms with Gasteiger partial charge in [0.25, 0.3) is 0 Å². The minimum Gasteiger partial charge on any atom is -0.301 e. The maximum Gasteiger partial charge on any atom is 0.00385 e. The third-order valence-electron chi connectivity index (χ3n) is 4.75. The number of hydrogen-bond acceptors (Lipinski definition) is 1. The molecule has 0 unspecified atom stereocenters. The summed E-state index contributed by atoms with van der Waals surface area (Å²) in [6.07, 6.45) is 2.59. The van der Waals surface area contributed by atoms with E-state index in [-0.39, 0.29) is 0 Å². The molecular formula is C20H25N. The van der Waals surface area contributed by atoms with Crippen LogP contribution < -0.4 is 0 Å². The van der Waals surface area contributed by atoms with E-state index in [0.29, 0.717) is 6.04 Å². The van der Waals surface area contributed by atoms with Gasteiger partial charge in [0.15, 0.2) is 0 Å². The SMILES string of the molecule is CC(C)N1CCC(c2ccc(-c3ccccc3)cc2)CC1. The molecule has 2 aromatic carbocycles. The number of piperidine rings is 1. The van der Waals surface area contributed by atoms with Gasteiger partial charge in [0.05, 0.1) is 0 Å². The summed E-state index contributed by atoms with van der Waals surface area (Å²) >= 11 is 0. The molecular weight excluding hydrogens is 254 g/mol. The number of likely N-dealkylation sites (tertiary alicyclic amines) is 1. The Morgan fingerprint density at radius 3 is 1.95 bits per heavy atom. The number of benzene rings is 2. The van der Waals surface area contributed by atoms with E-state index >= 15 is 0 Å². The molecule has 1 saturated heterocycles. The molecule has 2 aromatic rings. The van der Waals surface area contributed by atoms with E-state index in [4.69, 9.17) is 0 Å². The monoisotopic (exact) mass is 279 g/mol. The van der Waals surface area contributed by atoms with Crippen LogP contribution in [0.5, 0.6) is 0 Å². The maximum absolute atomic E-state index is 2.59. The molecule has 21 heavy (non-hydrogen) atoms. The Morgan fingerprint density at radius 1 is 0.810 bits per heavy atom. The van der Waals surface area contributed by atoms with Crippen molar-refractivity contribution in [3.8, 4) is 11.1 Å². The molecule has 110 valence electrons. The van der Waals surface area contributed by atoms with Crippen LogP contribution in [-0.2, 0) is 0 Å². The molecule has 0 spiro atoms. The summed E-state index contributed by atoms with van der Waals surface area (Å²) in [7, 11) is 0. The smallest absolute Gasteiger partial charge is 0.00385 e. The third-order valence-corrected chi connectivity index (χ3v) is 4.75. The Bertz CT molecular complexity index is 548. The first-order valence-electron chi connectivity index (χ1n) is 8.13. The van der Waals surface area contributed by atoms with Gasteiger partial charge in [-0.15, -0.1) is 0 Å². The highest BCUT2D eigenvalue weighted by Crippen LogP contribution is 2.30. The summed E-state index contributed by atoms with van der Waals surface area (Å²) in [5, 5.41) is 0. The van der Waals surface area contributed by atoms with Crippen LogP contribution in [0.25, 0.3) is 11.1 Å². The second-order valence-corrected chi connectivity index (χ2v) is 6.39. The van der Waals surface area contributed by atoms with Crippen molar-refractivity contribution in [2.45, 2.75) is 38.6 Å². The van der Waals surface area contributed by atoms with Gasteiger partial charge >= 0.3 is 0 Å². The summed E-state index contributed by atoms with van der Waals surface area (Å²) < 4.78 is 0. The highest BCUT2D eigenvalue weighted by atomic mass is 15.1. The highest BCUT2D eigenvalue weighted by molar-refractivity contribution is 5.63. The molecule has 3 rings (SSSR count).